The van der Waals surface area contributed by atoms with Crippen molar-refractivity contribution in [3.63, 3.8) is 0 Å². The van der Waals surface area contributed by atoms with Gasteiger partial charge in [0, 0.05) is 5.69 Å². The van der Waals surface area contributed by atoms with Gasteiger partial charge in [-0.1, -0.05) is 44.2 Å². The maximum atomic E-state index is 12.4. The number of benzene rings is 2. The number of carbonyl (C=O) groups is 1. The molecule has 23 heavy (non-hydrogen) atoms. The van der Waals surface area contributed by atoms with Crippen molar-refractivity contribution in [2.24, 2.45) is 0 Å². The normalized spacial score (nSPS) is 12.0. The van der Waals surface area contributed by atoms with Gasteiger partial charge >= 0.3 is 0 Å². The van der Waals surface area contributed by atoms with Crippen LogP contribution in [0.3, 0.4) is 0 Å². The first-order valence-corrected chi connectivity index (χ1v) is 7.77. The quantitative estimate of drug-likeness (QED) is 0.854. The standard InChI is InChI=1S/C19H23NO3/c1-13(2)17-9-4-5-10-18(17)20-19(22)14(3)23-16-8-6-7-15(11-16)12-21/h4-11,13-14,21H,12H2,1-3H3,(H,20,22). The Labute approximate surface area is 137 Å². The Morgan fingerprint density at radius 2 is 1.87 bits per heavy atom. The SMILES string of the molecule is CC(Oc1cccc(CO)c1)C(=O)Nc1ccccc1C(C)C. The van der Waals surface area contributed by atoms with Crippen LogP contribution in [0, 0.1) is 0 Å². The second-order valence-corrected chi connectivity index (χ2v) is 5.80. The zero-order chi connectivity index (χ0) is 16.8. The first kappa shape index (κ1) is 17.0. The van der Waals surface area contributed by atoms with E-state index in [4.69, 9.17) is 9.84 Å². The molecule has 0 aromatic heterocycles. The second kappa shape index (κ2) is 7.79. The Hall–Kier alpha value is -2.33. The molecule has 122 valence electrons. The van der Waals surface area contributed by atoms with Crippen molar-refractivity contribution in [1.29, 1.82) is 0 Å². The van der Waals surface area contributed by atoms with Crippen LogP contribution >= 0.6 is 0 Å². The van der Waals surface area contributed by atoms with E-state index in [0.717, 1.165) is 16.8 Å². The molecule has 0 aliphatic rings. The van der Waals surface area contributed by atoms with Crippen molar-refractivity contribution in [3.05, 3.63) is 59.7 Å². The smallest absolute Gasteiger partial charge is 0.265 e. The molecule has 0 fully saturated rings. The van der Waals surface area contributed by atoms with Crippen LogP contribution in [0.5, 0.6) is 5.75 Å². The summed E-state index contributed by atoms with van der Waals surface area (Å²) in [5.74, 6) is 0.688. The topological polar surface area (TPSA) is 58.6 Å². The Balaban J connectivity index is 2.05. The van der Waals surface area contributed by atoms with Crippen molar-refractivity contribution < 1.29 is 14.6 Å². The second-order valence-electron chi connectivity index (χ2n) is 5.80. The van der Waals surface area contributed by atoms with E-state index in [-0.39, 0.29) is 12.5 Å². The fourth-order valence-electron chi connectivity index (χ4n) is 2.32. The molecule has 2 aromatic carbocycles. The Kier molecular flexibility index (Phi) is 5.77. The van der Waals surface area contributed by atoms with Crippen LogP contribution in [0.15, 0.2) is 48.5 Å². The van der Waals surface area contributed by atoms with E-state index in [1.165, 1.54) is 0 Å². The summed E-state index contributed by atoms with van der Waals surface area (Å²) in [5, 5.41) is 12.1. The highest BCUT2D eigenvalue weighted by Crippen LogP contribution is 2.24. The van der Waals surface area contributed by atoms with Gasteiger partial charge in [-0.25, -0.2) is 0 Å². The minimum atomic E-state index is -0.635. The molecule has 4 heteroatoms. The van der Waals surface area contributed by atoms with Crippen molar-refractivity contribution >= 4 is 11.6 Å². The molecule has 2 rings (SSSR count). The molecule has 0 bridgehead atoms. The minimum Gasteiger partial charge on any atom is -0.481 e. The van der Waals surface area contributed by atoms with Crippen molar-refractivity contribution in [2.75, 3.05) is 5.32 Å². The first-order valence-electron chi connectivity index (χ1n) is 7.77. The molecule has 2 aromatic rings. The van der Waals surface area contributed by atoms with Gasteiger partial charge in [0.05, 0.1) is 6.61 Å². The van der Waals surface area contributed by atoms with Gasteiger partial charge in [-0.15, -0.1) is 0 Å². The van der Waals surface area contributed by atoms with Crippen LogP contribution in [-0.2, 0) is 11.4 Å². The lowest BCUT2D eigenvalue weighted by atomic mass is 10.0. The number of ether oxygens (including phenoxy) is 1. The van der Waals surface area contributed by atoms with Gasteiger partial charge in [0.2, 0.25) is 0 Å². The van der Waals surface area contributed by atoms with E-state index < -0.39 is 6.10 Å². The fraction of sp³-hybridized carbons (Fsp3) is 0.316. The van der Waals surface area contributed by atoms with Crippen LogP contribution in [0.4, 0.5) is 5.69 Å². The molecule has 0 saturated heterocycles. The molecule has 0 aliphatic heterocycles. The lowest BCUT2D eigenvalue weighted by Gasteiger charge is -2.18. The third-order valence-corrected chi connectivity index (χ3v) is 3.60. The summed E-state index contributed by atoms with van der Waals surface area (Å²) in [5.41, 5.74) is 2.66. The zero-order valence-electron chi connectivity index (χ0n) is 13.7. The van der Waals surface area contributed by atoms with Gasteiger partial charge < -0.3 is 15.2 Å². The summed E-state index contributed by atoms with van der Waals surface area (Å²) in [7, 11) is 0. The highest BCUT2D eigenvalue weighted by Gasteiger charge is 2.17. The lowest BCUT2D eigenvalue weighted by Crippen LogP contribution is -2.30. The fourth-order valence-corrected chi connectivity index (χ4v) is 2.32. The molecule has 0 spiro atoms. The Morgan fingerprint density at radius 3 is 2.57 bits per heavy atom. The average Bonchev–Trinajstić information content (AvgIpc) is 2.55. The number of aliphatic hydroxyl groups excluding tert-OH is 1. The number of para-hydroxylation sites is 1. The van der Waals surface area contributed by atoms with E-state index in [9.17, 15) is 4.79 Å². The van der Waals surface area contributed by atoms with E-state index in [0.29, 0.717) is 11.7 Å². The van der Waals surface area contributed by atoms with Crippen LogP contribution in [0.2, 0.25) is 0 Å². The minimum absolute atomic E-state index is 0.0560. The summed E-state index contributed by atoms with van der Waals surface area (Å²) in [4.78, 5) is 12.4. The highest BCUT2D eigenvalue weighted by molar-refractivity contribution is 5.94. The van der Waals surface area contributed by atoms with E-state index in [1.807, 2.05) is 24.3 Å². The van der Waals surface area contributed by atoms with Crippen molar-refractivity contribution in [3.8, 4) is 5.75 Å². The molecular weight excluding hydrogens is 290 g/mol. The summed E-state index contributed by atoms with van der Waals surface area (Å²) in [6.45, 7) is 5.83. The molecule has 1 unspecified atom stereocenters. The predicted octanol–water partition coefficient (Wildman–Crippen LogP) is 3.71. The Morgan fingerprint density at radius 1 is 1.13 bits per heavy atom. The highest BCUT2D eigenvalue weighted by atomic mass is 16.5. The summed E-state index contributed by atoms with van der Waals surface area (Å²) < 4.78 is 5.67. The molecule has 0 heterocycles. The zero-order valence-corrected chi connectivity index (χ0v) is 13.7. The maximum absolute atomic E-state index is 12.4. The van der Waals surface area contributed by atoms with Gasteiger partial charge in [0.15, 0.2) is 6.10 Å². The number of hydrogen-bond acceptors (Lipinski definition) is 3. The molecule has 1 amide bonds. The van der Waals surface area contributed by atoms with Crippen molar-refractivity contribution in [2.45, 2.75) is 39.4 Å². The maximum Gasteiger partial charge on any atom is 0.265 e. The Bertz CT molecular complexity index is 667. The van der Waals surface area contributed by atoms with Crippen LogP contribution in [0.1, 0.15) is 37.8 Å². The number of hydrogen-bond donors (Lipinski definition) is 2. The van der Waals surface area contributed by atoms with Gasteiger partial charge in [0.25, 0.3) is 5.91 Å². The number of nitrogens with one attached hydrogen (secondary N) is 1. The van der Waals surface area contributed by atoms with Gasteiger partial charge in [-0.05, 0) is 42.2 Å². The van der Waals surface area contributed by atoms with Gasteiger partial charge in [0.1, 0.15) is 5.75 Å². The summed E-state index contributed by atoms with van der Waals surface area (Å²) in [6, 6.07) is 14.9. The van der Waals surface area contributed by atoms with Crippen molar-refractivity contribution in [1.82, 2.24) is 0 Å². The molecule has 0 saturated carbocycles. The molecule has 2 N–H and O–H groups in total. The number of carbonyl (C=O) groups excluding carboxylic acids is 1. The molecule has 1 atom stereocenters. The summed E-state index contributed by atoms with van der Waals surface area (Å²) >= 11 is 0. The molecule has 0 radical (unpaired) electrons. The monoisotopic (exact) mass is 313 g/mol. The first-order chi connectivity index (χ1) is 11.0. The third-order valence-electron chi connectivity index (χ3n) is 3.60. The van der Waals surface area contributed by atoms with Crippen LogP contribution < -0.4 is 10.1 Å². The average molecular weight is 313 g/mol. The number of amides is 1. The predicted molar refractivity (Wildman–Crippen MR) is 91.6 cm³/mol. The van der Waals surface area contributed by atoms with E-state index in [2.05, 4.69) is 19.2 Å². The number of anilines is 1. The van der Waals surface area contributed by atoms with Gasteiger partial charge in [-0.3, -0.25) is 4.79 Å². The lowest BCUT2D eigenvalue weighted by molar-refractivity contribution is -0.122. The van der Waals surface area contributed by atoms with Crippen LogP contribution in [0.25, 0.3) is 0 Å². The van der Waals surface area contributed by atoms with E-state index >= 15 is 0 Å². The molecule has 4 nitrogen and oxygen atoms in total. The number of aliphatic hydroxyl groups is 1. The van der Waals surface area contributed by atoms with Crippen LogP contribution in [-0.4, -0.2) is 17.1 Å². The molecule has 0 aliphatic carbocycles. The molecular formula is C19H23NO3. The van der Waals surface area contributed by atoms with E-state index in [1.54, 1.807) is 31.2 Å². The largest absolute Gasteiger partial charge is 0.481 e. The third kappa shape index (κ3) is 4.57. The number of rotatable bonds is 6. The summed E-state index contributed by atoms with van der Waals surface area (Å²) in [6.07, 6.45) is -0.635. The van der Waals surface area contributed by atoms with Gasteiger partial charge in [-0.2, -0.15) is 0 Å².